The van der Waals surface area contributed by atoms with Crippen molar-refractivity contribution in [2.45, 2.75) is 64.3 Å². The third-order valence-corrected chi connectivity index (χ3v) is 5.34. The highest BCUT2D eigenvalue weighted by molar-refractivity contribution is 6.30. The average Bonchev–Trinajstić information content (AvgIpc) is 3.08. The zero-order chi connectivity index (χ0) is 22.1. The molecule has 0 saturated carbocycles. The van der Waals surface area contributed by atoms with Crippen LogP contribution in [0, 0.1) is 0 Å². The Labute approximate surface area is 180 Å². The van der Waals surface area contributed by atoms with Crippen LogP contribution in [0.15, 0.2) is 18.2 Å². The summed E-state index contributed by atoms with van der Waals surface area (Å²) in [7, 11) is 0. The molecule has 0 spiro atoms. The fourth-order valence-corrected chi connectivity index (χ4v) is 3.95. The molecule has 2 fully saturated rings. The second-order valence-electron chi connectivity index (χ2n) is 8.96. The number of nitrogens with zero attached hydrogens (tertiary/aromatic N) is 2. The van der Waals surface area contributed by atoms with Crippen molar-refractivity contribution in [3.8, 4) is 0 Å². The zero-order valence-electron chi connectivity index (χ0n) is 17.5. The standard InChI is InChI=1S/C21H28ClF2N3O3/c1-20(2,3)30-19(29)27-8-4-5-17(27)18(28)25-10-15-9-16(22)7-6-14(15)11-26-12-21(23,24)13-26/h6-7,9,17H,4-5,8,10-13H2,1-3H3,(H,25,28)/t17-/m0/s1. The summed E-state index contributed by atoms with van der Waals surface area (Å²) < 4.78 is 31.7. The smallest absolute Gasteiger partial charge is 0.410 e. The second kappa shape index (κ2) is 8.67. The van der Waals surface area contributed by atoms with Crippen molar-refractivity contribution in [3.63, 3.8) is 0 Å². The molecule has 0 aromatic heterocycles. The van der Waals surface area contributed by atoms with Gasteiger partial charge in [-0.05, 0) is 56.9 Å². The molecule has 1 atom stereocenters. The Morgan fingerprint density at radius 3 is 2.60 bits per heavy atom. The number of halogens is 3. The molecule has 2 amide bonds. The van der Waals surface area contributed by atoms with Crippen LogP contribution in [0.2, 0.25) is 5.02 Å². The molecule has 2 aliphatic rings. The topological polar surface area (TPSA) is 61.9 Å². The monoisotopic (exact) mass is 443 g/mol. The third kappa shape index (κ3) is 5.82. The number of alkyl halides is 2. The van der Waals surface area contributed by atoms with Crippen LogP contribution in [0.3, 0.4) is 0 Å². The summed E-state index contributed by atoms with van der Waals surface area (Å²) in [5.74, 6) is -2.89. The Bertz CT molecular complexity index is 805. The minimum atomic E-state index is -2.63. The summed E-state index contributed by atoms with van der Waals surface area (Å²) in [6, 6.07) is 4.65. The molecule has 9 heteroatoms. The number of carbonyl (C=O) groups excluding carboxylic acids is 2. The molecule has 2 saturated heterocycles. The van der Waals surface area contributed by atoms with Crippen LogP contribution in [-0.2, 0) is 22.6 Å². The highest BCUT2D eigenvalue weighted by atomic mass is 35.5. The van der Waals surface area contributed by atoms with Crippen LogP contribution < -0.4 is 5.32 Å². The van der Waals surface area contributed by atoms with Crippen molar-refractivity contribution < 1.29 is 23.1 Å². The predicted octanol–water partition coefficient (Wildman–Crippen LogP) is 3.81. The van der Waals surface area contributed by atoms with E-state index in [0.29, 0.717) is 24.5 Å². The lowest BCUT2D eigenvalue weighted by molar-refractivity contribution is -0.133. The van der Waals surface area contributed by atoms with Crippen molar-refractivity contribution in [1.29, 1.82) is 0 Å². The lowest BCUT2D eigenvalue weighted by atomic mass is 10.0. The van der Waals surface area contributed by atoms with Gasteiger partial charge in [-0.25, -0.2) is 13.6 Å². The van der Waals surface area contributed by atoms with Gasteiger partial charge in [-0.2, -0.15) is 0 Å². The largest absolute Gasteiger partial charge is 0.444 e. The number of hydrogen-bond acceptors (Lipinski definition) is 4. The Morgan fingerprint density at radius 1 is 1.27 bits per heavy atom. The Balaban J connectivity index is 1.61. The van der Waals surface area contributed by atoms with Gasteiger partial charge in [0.1, 0.15) is 11.6 Å². The first-order valence-electron chi connectivity index (χ1n) is 10.1. The lowest BCUT2D eigenvalue weighted by Gasteiger charge is -2.39. The van der Waals surface area contributed by atoms with Crippen molar-refractivity contribution in [1.82, 2.24) is 15.1 Å². The van der Waals surface area contributed by atoms with Gasteiger partial charge >= 0.3 is 6.09 Å². The molecule has 0 aliphatic carbocycles. The van der Waals surface area contributed by atoms with Crippen LogP contribution in [0.4, 0.5) is 13.6 Å². The number of nitrogens with one attached hydrogen (secondary N) is 1. The number of likely N-dealkylation sites (tertiary alicyclic amines) is 2. The summed E-state index contributed by atoms with van der Waals surface area (Å²) in [5.41, 5.74) is 0.975. The van der Waals surface area contributed by atoms with E-state index < -0.39 is 23.7 Å². The maximum Gasteiger partial charge on any atom is 0.410 e. The molecular formula is C21H28ClF2N3O3. The van der Waals surface area contributed by atoms with Gasteiger partial charge in [0.2, 0.25) is 5.91 Å². The van der Waals surface area contributed by atoms with Gasteiger partial charge in [-0.3, -0.25) is 14.6 Å². The van der Waals surface area contributed by atoms with Crippen molar-refractivity contribution in [2.75, 3.05) is 19.6 Å². The minimum Gasteiger partial charge on any atom is -0.444 e. The van der Waals surface area contributed by atoms with Crippen LogP contribution in [0.5, 0.6) is 0 Å². The highest BCUT2D eigenvalue weighted by Crippen LogP contribution is 2.29. The van der Waals surface area contributed by atoms with Crippen LogP contribution in [0.1, 0.15) is 44.7 Å². The Kier molecular flexibility index (Phi) is 6.57. The molecule has 166 valence electrons. The van der Waals surface area contributed by atoms with E-state index in [1.54, 1.807) is 43.9 Å². The Morgan fingerprint density at radius 2 is 1.97 bits per heavy atom. The number of hydrogen-bond donors (Lipinski definition) is 1. The van der Waals surface area contributed by atoms with Gasteiger partial charge in [-0.15, -0.1) is 0 Å². The fraction of sp³-hybridized carbons (Fsp3) is 0.619. The molecule has 3 rings (SSSR count). The minimum absolute atomic E-state index is 0.206. The first-order chi connectivity index (χ1) is 13.9. The second-order valence-corrected chi connectivity index (χ2v) is 9.40. The average molecular weight is 444 g/mol. The SMILES string of the molecule is CC(C)(C)OC(=O)N1CCC[C@H]1C(=O)NCc1cc(Cl)ccc1CN1CC(F)(F)C1. The van der Waals surface area contributed by atoms with Gasteiger partial charge in [0, 0.05) is 24.7 Å². The van der Waals surface area contributed by atoms with E-state index in [-0.39, 0.29) is 25.5 Å². The number of amides is 2. The van der Waals surface area contributed by atoms with Crippen molar-refractivity contribution in [2.24, 2.45) is 0 Å². The van der Waals surface area contributed by atoms with Gasteiger partial charge in [0.25, 0.3) is 5.92 Å². The molecule has 0 unspecified atom stereocenters. The zero-order valence-corrected chi connectivity index (χ0v) is 18.3. The molecule has 1 aromatic carbocycles. The van der Waals surface area contributed by atoms with Gasteiger partial charge < -0.3 is 10.1 Å². The normalized spacial score (nSPS) is 21.3. The molecule has 2 heterocycles. The van der Waals surface area contributed by atoms with E-state index >= 15 is 0 Å². The molecule has 1 aromatic rings. The number of carbonyl (C=O) groups is 2. The molecule has 0 bridgehead atoms. The van der Waals surface area contributed by atoms with E-state index in [4.69, 9.17) is 16.3 Å². The van der Waals surface area contributed by atoms with E-state index in [0.717, 1.165) is 17.5 Å². The third-order valence-electron chi connectivity index (χ3n) is 5.11. The predicted molar refractivity (Wildman–Crippen MR) is 109 cm³/mol. The quantitative estimate of drug-likeness (QED) is 0.751. The number of rotatable bonds is 5. The van der Waals surface area contributed by atoms with E-state index in [1.165, 1.54) is 4.90 Å². The molecule has 0 radical (unpaired) electrons. The molecular weight excluding hydrogens is 416 g/mol. The first kappa shape index (κ1) is 22.7. The molecule has 2 aliphatic heterocycles. The summed E-state index contributed by atoms with van der Waals surface area (Å²) >= 11 is 6.10. The number of benzene rings is 1. The van der Waals surface area contributed by atoms with E-state index in [9.17, 15) is 18.4 Å². The molecule has 1 N–H and O–H groups in total. The number of ether oxygens (including phenoxy) is 1. The summed E-state index contributed by atoms with van der Waals surface area (Å²) in [6.45, 7) is 5.85. The highest BCUT2D eigenvalue weighted by Gasteiger charge is 2.43. The fourth-order valence-electron chi connectivity index (χ4n) is 3.75. The van der Waals surface area contributed by atoms with Crippen LogP contribution in [-0.4, -0.2) is 59.0 Å². The van der Waals surface area contributed by atoms with Gasteiger partial charge in [0.05, 0.1) is 13.1 Å². The van der Waals surface area contributed by atoms with Crippen LogP contribution >= 0.6 is 11.6 Å². The summed E-state index contributed by atoms with van der Waals surface area (Å²) in [4.78, 5) is 28.3. The van der Waals surface area contributed by atoms with E-state index in [2.05, 4.69) is 5.32 Å². The molecule has 30 heavy (non-hydrogen) atoms. The van der Waals surface area contributed by atoms with Crippen molar-refractivity contribution >= 4 is 23.6 Å². The maximum atomic E-state index is 13.1. The lowest BCUT2D eigenvalue weighted by Crippen LogP contribution is -2.55. The van der Waals surface area contributed by atoms with Gasteiger partial charge in [0.15, 0.2) is 0 Å². The van der Waals surface area contributed by atoms with Crippen LogP contribution in [0.25, 0.3) is 0 Å². The van der Waals surface area contributed by atoms with Gasteiger partial charge in [-0.1, -0.05) is 17.7 Å². The molecule has 6 nitrogen and oxygen atoms in total. The first-order valence-corrected chi connectivity index (χ1v) is 10.5. The summed E-state index contributed by atoms with van der Waals surface area (Å²) in [6.07, 6.45) is 0.793. The van der Waals surface area contributed by atoms with Crippen molar-refractivity contribution in [3.05, 3.63) is 34.3 Å². The maximum absolute atomic E-state index is 13.1. The summed E-state index contributed by atoms with van der Waals surface area (Å²) in [5, 5.41) is 3.38. The Hall–Kier alpha value is -1.93. The van der Waals surface area contributed by atoms with E-state index in [1.807, 2.05) is 0 Å².